The Hall–Kier alpha value is -3.87. The molecular formula is C32H20N2Pt. The summed E-state index contributed by atoms with van der Waals surface area (Å²) >= 11 is 0. The van der Waals surface area contributed by atoms with Crippen LogP contribution in [0.4, 0.5) is 11.4 Å². The molecule has 35 heavy (non-hydrogen) atoms. The van der Waals surface area contributed by atoms with Gasteiger partial charge in [0.25, 0.3) is 0 Å². The molecule has 6 aromatic carbocycles. The summed E-state index contributed by atoms with van der Waals surface area (Å²) < 4.78 is 0. The van der Waals surface area contributed by atoms with Gasteiger partial charge in [0.15, 0.2) is 0 Å². The normalized spacial score (nSPS) is 11.5. The van der Waals surface area contributed by atoms with Gasteiger partial charge in [0.1, 0.15) is 0 Å². The van der Waals surface area contributed by atoms with Crippen molar-refractivity contribution in [2.24, 2.45) is 9.98 Å². The van der Waals surface area contributed by atoms with Crippen LogP contribution in [0.5, 0.6) is 0 Å². The molecule has 0 N–H and O–H groups in total. The zero-order valence-corrected chi connectivity index (χ0v) is 21.0. The minimum atomic E-state index is 0. The quantitative estimate of drug-likeness (QED) is 0.139. The van der Waals surface area contributed by atoms with Gasteiger partial charge in [0.05, 0.1) is 11.4 Å². The van der Waals surface area contributed by atoms with Crippen LogP contribution in [0.25, 0.3) is 32.3 Å². The van der Waals surface area contributed by atoms with Crippen molar-refractivity contribution in [2.75, 3.05) is 0 Å². The fraction of sp³-hybridized carbons (Fsp3) is 0. The van der Waals surface area contributed by atoms with E-state index >= 15 is 0 Å². The number of hydrogen-bond donors (Lipinski definition) is 0. The fourth-order valence-electron chi connectivity index (χ4n) is 4.37. The first-order valence-electron chi connectivity index (χ1n) is 11.3. The van der Waals surface area contributed by atoms with Crippen molar-refractivity contribution in [1.82, 2.24) is 0 Å². The number of rotatable bonds is 4. The average molecular weight is 628 g/mol. The van der Waals surface area contributed by atoms with Crippen LogP contribution >= 0.6 is 0 Å². The molecule has 0 atom stereocenters. The Morgan fingerprint density at radius 2 is 0.943 bits per heavy atom. The molecule has 6 rings (SSSR count). The minimum absolute atomic E-state index is 0. The van der Waals surface area contributed by atoms with E-state index in [-0.39, 0.29) is 21.1 Å². The van der Waals surface area contributed by atoms with Gasteiger partial charge >= 0.3 is 21.1 Å². The molecule has 0 saturated heterocycles. The largest absolute Gasteiger partial charge is 2.00 e. The van der Waals surface area contributed by atoms with E-state index in [0.717, 1.165) is 44.0 Å². The van der Waals surface area contributed by atoms with Gasteiger partial charge in [-0.3, -0.25) is 0 Å². The molecule has 0 aliphatic rings. The molecule has 0 aliphatic heterocycles. The monoisotopic (exact) mass is 627 g/mol. The van der Waals surface area contributed by atoms with Gasteiger partial charge in [-0.05, 0) is 29.9 Å². The molecule has 0 radical (unpaired) electrons. The Labute approximate surface area is 218 Å². The van der Waals surface area contributed by atoms with E-state index < -0.39 is 0 Å². The minimum Gasteiger partial charge on any atom is -0.304 e. The third kappa shape index (κ3) is 4.58. The van der Waals surface area contributed by atoms with Crippen LogP contribution in [0.3, 0.4) is 0 Å². The van der Waals surface area contributed by atoms with Gasteiger partial charge in [0.2, 0.25) is 0 Å². The van der Waals surface area contributed by atoms with Crippen LogP contribution in [0.15, 0.2) is 119 Å². The maximum absolute atomic E-state index is 4.88. The predicted molar refractivity (Wildman–Crippen MR) is 144 cm³/mol. The Kier molecular flexibility index (Phi) is 6.66. The van der Waals surface area contributed by atoms with E-state index in [1.807, 2.05) is 73.1 Å². The van der Waals surface area contributed by atoms with Crippen molar-refractivity contribution in [1.29, 1.82) is 0 Å². The third-order valence-electron chi connectivity index (χ3n) is 6.03. The van der Waals surface area contributed by atoms with Crippen molar-refractivity contribution >= 4 is 56.1 Å². The number of benzene rings is 6. The zero-order chi connectivity index (χ0) is 22.7. The molecule has 0 aromatic heterocycles. The molecule has 0 heterocycles. The number of nitrogens with zero attached hydrogens (tertiary/aromatic N) is 2. The van der Waals surface area contributed by atoms with Crippen molar-refractivity contribution < 1.29 is 21.1 Å². The Bertz CT molecular complexity index is 1580. The summed E-state index contributed by atoms with van der Waals surface area (Å²) in [6.45, 7) is 0. The summed E-state index contributed by atoms with van der Waals surface area (Å²) in [6.07, 6.45) is 3.80. The van der Waals surface area contributed by atoms with Gasteiger partial charge in [-0.25, -0.2) is 0 Å². The Balaban J connectivity index is 0.00000253. The van der Waals surface area contributed by atoms with Crippen LogP contribution < -0.4 is 0 Å². The molecule has 6 aromatic rings. The smallest absolute Gasteiger partial charge is 0.304 e. The summed E-state index contributed by atoms with van der Waals surface area (Å²) in [5, 5.41) is 6.76. The van der Waals surface area contributed by atoms with Crippen LogP contribution in [-0.4, -0.2) is 12.4 Å². The number of hydrogen-bond acceptors (Lipinski definition) is 2. The van der Waals surface area contributed by atoms with E-state index in [2.05, 4.69) is 60.7 Å². The SMILES string of the molecule is [Pt+2].[c-]1ccc2ccccc2c1C=Nc1cccc2cccc(N=Cc3[c-]ccc4ccccc34)c12. The van der Waals surface area contributed by atoms with Crippen LogP contribution in [0.2, 0.25) is 0 Å². The van der Waals surface area contributed by atoms with Gasteiger partial charge in [-0.1, -0.05) is 72.8 Å². The summed E-state index contributed by atoms with van der Waals surface area (Å²) in [6, 6.07) is 43.6. The first-order valence-corrected chi connectivity index (χ1v) is 11.3. The topological polar surface area (TPSA) is 24.7 Å². The zero-order valence-electron chi connectivity index (χ0n) is 18.8. The molecule has 0 aliphatic carbocycles. The first-order chi connectivity index (χ1) is 16.9. The number of aliphatic imine (C=N–C) groups is 2. The van der Waals surface area contributed by atoms with E-state index in [0.29, 0.717) is 0 Å². The molecule has 0 bridgehead atoms. The van der Waals surface area contributed by atoms with Crippen LogP contribution in [0, 0.1) is 12.1 Å². The maximum atomic E-state index is 4.88. The van der Waals surface area contributed by atoms with Gasteiger partial charge in [0, 0.05) is 5.39 Å². The number of fused-ring (bicyclic) bond motifs is 3. The molecule has 0 unspecified atom stereocenters. The first kappa shape index (κ1) is 22.9. The van der Waals surface area contributed by atoms with E-state index in [1.54, 1.807) is 0 Å². The van der Waals surface area contributed by atoms with Crippen molar-refractivity contribution in [3.63, 3.8) is 0 Å². The van der Waals surface area contributed by atoms with Gasteiger partial charge in [-0.2, -0.15) is 0 Å². The Morgan fingerprint density at radius 3 is 1.46 bits per heavy atom. The third-order valence-corrected chi connectivity index (χ3v) is 6.03. The standard InChI is InChI=1S/C32H20N2.Pt/c1-3-17-28-23(9-1)11-5-15-26(28)21-33-30-19-7-13-25-14-8-20-31(32(25)30)34-22-27-16-6-12-24-10-2-4-18-29(24)27;/h1-14,17-22H;/q-2;+2. The summed E-state index contributed by atoms with van der Waals surface area (Å²) in [5.41, 5.74) is 3.71. The second kappa shape index (κ2) is 10.2. The predicted octanol–water partition coefficient (Wildman–Crippen LogP) is 8.25. The second-order valence-electron chi connectivity index (χ2n) is 8.13. The summed E-state index contributed by atoms with van der Waals surface area (Å²) in [7, 11) is 0. The van der Waals surface area contributed by atoms with Crippen molar-refractivity contribution in [3.05, 3.63) is 132 Å². The van der Waals surface area contributed by atoms with Crippen LogP contribution in [0.1, 0.15) is 11.1 Å². The fourth-order valence-corrected chi connectivity index (χ4v) is 4.37. The van der Waals surface area contributed by atoms with E-state index in [4.69, 9.17) is 9.98 Å². The van der Waals surface area contributed by atoms with Crippen LogP contribution in [-0.2, 0) is 21.1 Å². The van der Waals surface area contributed by atoms with Crippen molar-refractivity contribution in [3.8, 4) is 0 Å². The maximum Gasteiger partial charge on any atom is 2.00 e. The molecule has 0 amide bonds. The molecular weight excluding hydrogens is 607 g/mol. The summed E-state index contributed by atoms with van der Waals surface area (Å²) in [5.74, 6) is 0. The summed E-state index contributed by atoms with van der Waals surface area (Å²) in [4.78, 5) is 9.76. The van der Waals surface area contributed by atoms with E-state index in [9.17, 15) is 0 Å². The molecule has 0 fully saturated rings. The molecule has 2 nitrogen and oxygen atoms in total. The molecule has 0 spiro atoms. The average Bonchev–Trinajstić information content (AvgIpc) is 2.90. The van der Waals surface area contributed by atoms with Gasteiger partial charge < -0.3 is 9.98 Å². The second-order valence-corrected chi connectivity index (χ2v) is 8.13. The Morgan fingerprint density at radius 1 is 0.486 bits per heavy atom. The molecule has 0 saturated carbocycles. The van der Waals surface area contributed by atoms with Gasteiger partial charge in [-0.15, -0.1) is 69.1 Å². The van der Waals surface area contributed by atoms with E-state index in [1.165, 1.54) is 10.8 Å². The molecule has 3 heteroatoms. The molecule has 168 valence electrons. The van der Waals surface area contributed by atoms with Crippen molar-refractivity contribution in [2.45, 2.75) is 0 Å².